The van der Waals surface area contributed by atoms with Crippen molar-refractivity contribution >= 4 is 5.97 Å². The molecule has 1 fully saturated rings. The van der Waals surface area contributed by atoms with E-state index in [0.717, 1.165) is 30.8 Å². The van der Waals surface area contributed by atoms with Gasteiger partial charge in [-0.3, -0.25) is 4.79 Å². The first-order valence-electron chi connectivity index (χ1n) is 6.40. The summed E-state index contributed by atoms with van der Waals surface area (Å²) in [4.78, 5) is 11.3. The fraction of sp³-hybridized carbons (Fsp3) is 0.500. The zero-order chi connectivity index (χ0) is 12.8. The summed E-state index contributed by atoms with van der Waals surface area (Å²) in [6, 6.07) is 7.64. The van der Waals surface area contributed by atoms with E-state index in [4.69, 9.17) is 9.47 Å². The molecule has 0 radical (unpaired) electrons. The first-order chi connectivity index (χ1) is 8.78. The maximum absolute atomic E-state index is 11.3. The van der Waals surface area contributed by atoms with E-state index in [-0.39, 0.29) is 12.1 Å². The van der Waals surface area contributed by atoms with Gasteiger partial charge >= 0.3 is 5.97 Å². The van der Waals surface area contributed by atoms with Crippen LogP contribution in [0.25, 0.3) is 0 Å². The first kappa shape index (κ1) is 12.9. The van der Waals surface area contributed by atoms with Crippen LogP contribution in [-0.2, 0) is 16.0 Å². The molecule has 0 aromatic heterocycles. The number of rotatable bonds is 5. The van der Waals surface area contributed by atoms with E-state index in [1.807, 2.05) is 31.2 Å². The number of hydrogen-bond acceptors (Lipinski definition) is 4. The Balaban J connectivity index is 1.86. The van der Waals surface area contributed by atoms with Crippen LogP contribution < -0.4 is 10.1 Å². The Labute approximate surface area is 107 Å². The van der Waals surface area contributed by atoms with Crippen LogP contribution in [0.5, 0.6) is 5.75 Å². The molecule has 1 atom stereocenters. The number of carbonyl (C=O) groups excluding carboxylic acids is 1. The molecule has 0 bridgehead atoms. The van der Waals surface area contributed by atoms with Crippen molar-refractivity contribution in [1.82, 2.24) is 5.32 Å². The van der Waals surface area contributed by atoms with E-state index in [1.165, 1.54) is 0 Å². The van der Waals surface area contributed by atoms with Crippen molar-refractivity contribution in [3.05, 3.63) is 29.8 Å². The van der Waals surface area contributed by atoms with E-state index in [0.29, 0.717) is 13.0 Å². The van der Waals surface area contributed by atoms with Crippen LogP contribution in [-0.4, -0.2) is 31.8 Å². The van der Waals surface area contributed by atoms with Gasteiger partial charge in [0.15, 0.2) is 0 Å². The molecule has 18 heavy (non-hydrogen) atoms. The molecule has 1 saturated heterocycles. The summed E-state index contributed by atoms with van der Waals surface area (Å²) in [5.41, 5.74) is 0.949. The van der Waals surface area contributed by atoms with Crippen LogP contribution in [0.2, 0.25) is 0 Å². The molecule has 1 aliphatic rings. The number of benzene rings is 1. The fourth-order valence-corrected chi connectivity index (χ4v) is 1.99. The van der Waals surface area contributed by atoms with E-state index >= 15 is 0 Å². The molecule has 0 amide bonds. The van der Waals surface area contributed by atoms with Crippen LogP contribution in [0.15, 0.2) is 24.3 Å². The Bertz CT molecular complexity index is 383. The molecule has 1 aromatic rings. The van der Waals surface area contributed by atoms with E-state index < -0.39 is 0 Å². The standard InChI is InChI=1S/C14H19NO3/c1-2-17-14(16)9-11-3-5-12(6-4-11)18-13-7-8-15-10-13/h3-6,13,15H,2,7-10H2,1H3/t13-/m0/s1. The number of carbonyl (C=O) groups is 1. The molecular formula is C14H19NO3. The third kappa shape index (κ3) is 3.74. The molecule has 98 valence electrons. The lowest BCUT2D eigenvalue weighted by atomic mass is 10.1. The van der Waals surface area contributed by atoms with Gasteiger partial charge < -0.3 is 14.8 Å². The number of hydrogen-bond donors (Lipinski definition) is 1. The lowest BCUT2D eigenvalue weighted by molar-refractivity contribution is -0.142. The highest BCUT2D eigenvalue weighted by Gasteiger charge is 2.15. The summed E-state index contributed by atoms with van der Waals surface area (Å²) in [5.74, 6) is 0.669. The second-order valence-electron chi connectivity index (χ2n) is 4.36. The van der Waals surface area contributed by atoms with Crippen LogP contribution in [0.1, 0.15) is 18.9 Å². The normalized spacial score (nSPS) is 18.6. The predicted octanol–water partition coefficient (Wildman–Crippen LogP) is 1.53. The van der Waals surface area contributed by atoms with E-state index in [1.54, 1.807) is 0 Å². The fourth-order valence-electron chi connectivity index (χ4n) is 1.99. The van der Waals surface area contributed by atoms with Gasteiger partial charge in [0.05, 0.1) is 13.0 Å². The molecule has 1 N–H and O–H groups in total. The van der Waals surface area contributed by atoms with E-state index in [2.05, 4.69) is 5.32 Å². The van der Waals surface area contributed by atoms with Gasteiger partial charge in [0, 0.05) is 6.54 Å². The number of nitrogens with one attached hydrogen (secondary N) is 1. The number of ether oxygens (including phenoxy) is 2. The summed E-state index contributed by atoms with van der Waals surface area (Å²) in [5, 5.41) is 3.26. The van der Waals surface area contributed by atoms with Gasteiger partial charge in [-0.15, -0.1) is 0 Å². The zero-order valence-electron chi connectivity index (χ0n) is 10.6. The van der Waals surface area contributed by atoms with Crippen molar-refractivity contribution in [2.45, 2.75) is 25.9 Å². The van der Waals surface area contributed by atoms with Crippen LogP contribution in [0.3, 0.4) is 0 Å². The zero-order valence-corrected chi connectivity index (χ0v) is 10.6. The SMILES string of the molecule is CCOC(=O)Cc1ccc(O[C@H]2CCNC2)cc1. The Morgan fingerprint density at radius 2 is 2.17 bits per heavy atom. The molecule has 1 aromatic carbocycles. The van der Waals surface area contributed by atoms with Gasteiger partial charge in [0.2, 0.25) is 0 Å². The summed E-state index contributed by atoms with van der Waals surface area (Å²) in [7, 11) is 0. The highest BCUT2D eigenvalue weighted by molar-refractivity contribution is 5.72. The highest BCUT2D eigenvalue weighted by atomic mass is 16.5. The van der Waals surface area contributed by atoms with Crippen molar-refractivity contribution in [2.24, 2.45) is 0 Å². The van der Waals surface area contributed by atoms with Crippen molar-refractivity contribution in [3.8, 4) is 5.75 Å². The van der Waals surface area contributed by atoms with Crippen LogP contribution in [0, 0.1) is 0 Å². The van der Waals surface area contributed by atoms with Gasteiger partial charge in [-0.05, 0) is 37.6 Å². The minimum absolute atomic E-state index is 0.189. The minimum atomic E-state index is -0.189. The molecule has 0 saturated carbocycles. The molecular weight excluding hydrogens is 230 g/mol. The van der Waals surface area contributed by atoms with E-state index in [9.17, 15) is 4.79 Å². The number of esters is 1. The third-order valence-corrected chi connectivity index (χ3v) is 2.89. The van der Waals surface area contributed by atoms with Crippen LogP contribution >= 0.6 is 0 Å². The maximum atomic E-state index is 11.3. The second kappa shape index (κ2) is 6.40. The van der Waals surface area contributed by atoms with Gasteiger partial charge in [-0.2, -0.15) is 0 Å². The Morgan fingerprint density at radius 1 is 1.39 bits per heavy atom. The van der Waals surface area contributed by atoms with Gasteiger partial charge in [-0.25, -0.2) is 0 Å². The minimum Gasteiger partial charge on any atom is -0.489 e. The summed E-state index contributed by atoms with van der Waals surface area (Å²) in [6.07, 6.45) is 1.63. The molecule has 4 nitrogen and oxygen atoms in total. The summed E-state index contributed by atoms with van der Waals surface area (Å²) < 4.78 is 10.7. The smallest absolute Gasteiger partial charge is 0.310 e. The van der Waals surface area contributed by atoms with Crippen molar-refractivity contribution in [1.29, 1.82) is 0 Å². The predicted molar refractivity (Wildman–Crippen MR) is 68.7 cm³/mol. The molecule has 0 aliphatic carbocycles. The molecule has 0 unspecified atom stereocenters. The van der Waals surface area contributed by atoms with Gasteiger partial charge in [0.25, 0.3) is 0 Å². The molecule has 1 heterocycles. The lowest BCUT2D eigenvalue weighted by Crippen LogP contribution is -2.19. The third-order valence-electron chi connectivity index (χ3n) is 2.89. The highest BCUT2D eigenvalue weighted by Crippen LogP contribution is 2.16. The van der Waals surface area contributed by atoms with Crippen molar-refractivity contribution in [2.75, 3.05) is 19.7 Å². The average Bonchev–Trinajstić information content (AvgIpc) is 2.85. The molecule has 4 heteroatoms. The van der Waals surface area contributed by atoms with Crippen molar-refractivity contribution in [3.63, 3.8) is 0 Å². The average molecular weight is 249 g/mol. The molecule has 1 aliphatic heterocycles. The Morgan fingerprint density at radius 3 is 2.78 bits per heavy atom. The lowest BCUT2D eigenvalue weighted by Gasteiger charge is -2.12. The molecule has 0 spiro atoms. The second-order valence-corrected chi connectivity index (χ2v) is 4.36. The maximum Gasteiger partial charge on any atom is 0.310 e. The monoisotopic (exact) mass is 249 g/mol. The first-order valence-corrected chi connectivity index (χ1v) is 6.40. The largest absolute Gasteiger partial charge is 0.489 e. The van der Waals surface area contributed by atoms with Crippen molar-refractivity contribution < 1.29 is 14.3 Å². The quantitative estimate of drug-likeness (QED) is 0.804. The topological polar surface area (TPSA) is 47.6 Å². The Hall–Kier alpha value is -1.55. The van der Waals surface area contributed by atoms with Crippen LogP contribution in [0.4, 0.5) is 0 Å². The van der Waals surface area contributed by atoms with Gasteiger partial charge in [0.1, 0.15) is 11.9 Å². The summed E-state index contributed by atoms with van der Waals surface area (Å²) in [6.45, 7) is 4.16. The summed E-state index contributed by atoms with van der Waals surface area (Å²) >= 11 is 0. The van der Waals surface area contributed by atoms with Gasteiger partial charge in [-0.1, -0.05) is 12.1 Å². The molecule has 2 rings (SSSR count). The Kier molecular flexibility index (Phi) is 4.59.